The number of hydrogen-bond donors (Lipinski definition) is 1. The molecule has 20 heteroatoms. The number of hydrogen-bond acceptors (Lipinski definition) is 12. The Balaban J connectivity index is 0.000000122. The molecule has 496 valence electrons. The van der Waals surface area contributed by atoms with Crippen LogP contribution in [0.1, 0.15) is 34.2 Å². The monoisotopic (exact) mass is 1570 g/mol. The van der Waals surface area contributed by atoms with Crippen LogP contribution in [0.2, 0.25) is 0 Å². The quantitative estimate of drug-likeness (QED) is 0.0956. The third kappa shape index (κ3) is 14.1. The molecule has 0 fully saturated rings. The van der Waals surface area contributed by atoms with E-state index in [4.69, 9.17) is 14.2 Å². The van der Waals surface area contributed by atoms with Gasteiger partial charge >= 0.3 is 21.1 Å². The van der Waals surface area contributed by atoms with Crippen LogP contribution < -0.4 is 14.2 Å². The Morgan fingerprint density at radius 2 is 0.802 bits per heavy atom. The van der Waals surface area contributed by atoms with Gasteiger partial charge < -0.3 is 23.8 Å². The molecular formula is C81H62BrN15O3Pt. The molecule has 0 aliphatic heterocycles. The summed E-state index contributed by atoms with van der Waals surface area (Å²) in [4.78, 5) is 28.9. The molecule has 0 amide bonds. The van der Waals surface area contributed by atoms with E-state index in [0.29, 0.717) is 28.1 Å². The first kappa shape index (κ1) is 66.1. The fraction of sp³-hybridized carbons (Fsp3) is 0.0741. The number of aromatic nitrogens is 15. The van der Waals surface area contributed by atoms with Crippen molar-refractivity contribution in [3.63, 3.8) is 0 Å². The number of benzene rings is 9. The predicted octanol–water partition coefficient (Wildman–Crippen LogP) is 19.1. The Hall–Kier alpha value is -12.2. The smallest absolute Gasteiger partial charge is 0.509 e. The summed E-state index contributed by atoms with van der Waals surface area (Å²) >= 11 is 3.09. The number of halogens is 1. The van der Waals surface area contributed by atoms with Gasteiger partial charge in [0.1, 0.15) is 23.0 Å². The second kappa shape index (κ2) is 29.1. The molecule has 0 radical (unpaired) electrons. The predicted molar refractivity (Wildman–Crippen MR) is 395 cm³/mol. The molecule has 0 spiro atoms. The van der Waals surface area contributed by atoms with Crippen molar-refractivity contribution in [2.45, 2.75) is 41.5 Å². The molecule has 18 rings (SSSR count). The van der Waals surface area contributed by atoms with E-state index < -0.39 is 0 Å². The second-order valence-electron chi connectivity index (χ2n) is 23.7. The van der Waals surface area contributed by atoms with Crippen LogP contribution >= 0.6 is 15.9 Å². The van der Waals surface area contributed by atoms with E-state index in [1.807, 2.05) is 199 Å². The van der Waals surface area contributed by atoms with Gasteiger partial charge in [0.05, 0.1) is 45.0 Å². The van der Waals surface area contributed by atoms with Gasteiger partial charge in [-0.15, -0.1) is 35.7 Å². The van der Waals surface area contributed by atoms with Crippen LogP contribution in [0.5, 0.6) is 34.5 Å². The van der Waals surface area contributed by atoms with Crippen LogP contribution in [0.15, 0.2) is 266 Å². The normalized spacial score (nSPS) is 11.0. The van der Waals surface area contributed by atoms with Crippen LogP contribution in [0.25, 0.3) is 94.4 Å². The first-order valence-corrected chi connectivity index (χ1v) is 33.0. The summed E-state index contributed by atoms with van der Waals surface area (Å²) < 4.78 is 29.0. The Kier molecular flexibility index (Phi) is 19.0. The summed E-state index contributed by atoms with van der Waals surface area (Å²) in [6.45, 7) is 12.1. The molecule has 0 aliphatic rings. The van der Waals surface area contributed by atoms with Crippen LogP contribution in [0.3, 0.4) is 0 Å². The Morgan fingerprint density at radius 3 is 1.38 bits per heavy atom. The van der Waals surface area contributed by atoms with Gasteiger partial charge in [-0.25, -0.2) is 39.3 Å². The zero-order chi connectivity index (χ0) is 68.2. The number of aromatic amines is 1. The summed E-state index contributed by atoms with van der Waals surface area (Å²) in [5, 5.41) is 20.6. The maximum absolute atomic E-state index is 6.29. The number of nitrogens with one attached hydrogen (secondary N) is 1. The summed E-state index contributed by atoms with van der Waals surface area (Å²) in [6, 6.07) is 81.1. The minimum absolute atomic E-state index is 0. The number of aryl methyl sites for hydroxylation is 6. The number of nitrogens with zero attached hydrogens (tertiary/aromatic N) is 14. The van der Waals surface area contributed by atoms with Gasteiger partial charge in [-0.05, 0) is 172 Å². The number of rotatable bonds is 11. The van der Waals surface area contributed by atoms with Crippen molar-refractivity contribution in [3.05, 3.63) is 313 Å². The first-order valence-electron chi connectivity index (χ1n) is 32.2. The van der Waals surface area contributed by atoms with Crippen LogP contribution in [0.4, 0.5) is 0 Å². The average Bonchev–Trinajstić information content (AvgIpc) is 1.67. The number of H-pyrrole nitrogens is 1. The number of ether oxygens (including phenoxy) is 3. The summed E-state index contributed by atoms with van der Waals surface area (Å²) in [5.41, 5.74) is 15.1. The van der Waals surface area contributed by atoms with Crippen LogP contribution in [-0.4, -0.2) is 73.4 Å². The molecule has 0 aliphatic carbocycles. The van der Waals surface area contributed by atoms with Crippen molar-refractivity contribution < 1.29 is 35.3 Å². The van der Waals surface area contributed by atoms with Crippen molar-refractivity contribution in [1.29, 1.82) is 0 Å². The Bertz CT molecular complexity index is 5720. The van der Waals surface area contributed by atoms with Crippen LogP contribution in [-0.2, 0) is 21.1 Å². The maximum atomic E-state index is 6.29. The molecular weight excluding hydrogens is 1510 g/mol. The molecule has 0 bridgehead atoms. The molecule has 0 saturated heterocycles. The minimum atomic E-state index is 0. The Labute approximate surface area is 603 Å². The molecule has 1 N–H and O–H groups in total. The number of para-hydroxylation sites is 3. The summed E-state index contributed by atoms with van der Waals surface area (Å²) in [5.74, 6) is 5.49. The van der Waals surface area contributed by atoms with Crippen molar-refractivity contribution in [2.24, 2.45) is 0 Å². The van der Waals surface area contributed by atoms with Gasteiger partial charge in [-0.3, -0.25) is 9.25 Å². The van der Waals surface area contributed by atoms with E-state index >= 15 is 0 Å². The van der Waals surface area contributed by atoms with E-state index in [2.05, 4.69) is 156 Å². The fourth-order valence-electron chi connectivity index (χ4n) is 12.4. The number of fused-ring (bicyclic) bond motifs is 9. The van der Waals surface area contributed by atoms with Gasteiger partial charge in [0, 0.05) is 123 Å². The van der Waals surface area contributed by atoms with Crippen molar-refractivity contribution >= 4 is 81.3 Å². The topological polar surface area (TPSA) is 184 Å². The molecule has 9 heterocycles. The van der Waals surface area contributed by atoms with Gasteiger partial charge in [0.15, 0.2) is 4.73 Å². The van der Waals surface area contributed by atoms with Gasteiger partial charge in [0.25, 0.3) is 0 Å². The SMILES string of the molecule is Brc1ncccn1.Cc1cc(C)n(-c2[c-]c(Oc3[c-]c4c(cc3)c3ccccc3n4-c3ncccn3)ccc2)n1.Cc1cc(C)n(-c2cccc(Oc3ccc4c(c3)[nH]c3ccccc34)c2)n1.Cc1cc(C)n(-c2cccc(Oc3ccc4c5ccccc5n(-c5ncccn5)c4c3)c2)n1.[Pt+2]. The van der Waals surface area contributed by atoms with Crippen LogP contribution in [0, 0.1) is 53.7 Å². The molecule has 18 aromatic rings. The molecule has 9 aromatic heterocycles. The average molecular weight is 1570 g/mol. The largest absolute Gasteiger partial charge is 2.00 e. The maximum Gasteiger partial charge on any atom is 2.00 e. The van der Waals surface area contributed by atoms with E-state index in [1.165, 1.54) is 10.8 Å². The van der Waals surface area contributed by atoms with E-state index in [0.717, 1.165) is 129 Å². The molecule has 101 heavy (non-hydrogen) atoms. The minimum Gasteiger partial charge on any atom is -0.509 e. The van der Waals surface area contributed by atoms with Gasteiger partial charge in [-0.2, -0.15) is 27.4 Å². The van der Waals surface area contributed by atoms with Gasteiger partial charge in [0.2, 0.25) is 11.9 Å². The molecule has 9 aromatic carbocycles. The third-order valence-corrected chi connectivity index (χ3v) is 17.0. The standard InChI is InChI=1S/C27H21N5O.C27H19N5O.C23H19N3O.C4H3BrN2.Pt/c2*1-18-15-19(2)32(30-18)20-7-5-8-21(16-20)33-22-11-12-24-23-9-3-4-10-25(23)31(26(24)17-22)27-28-13-6-14-29-27;1-15-12-16(2)26(25-15)17-6-5-7-18(13-17)27-19-10-11-21-20-8-3-4-9-22(20)24-23(21)14-19;5-4-6-2-1-3-7-4;/h3-17H,1-2H3;3-15H,1-2H3;3-14,24H,1-2H3;1-3H;/q;-2;;;+2. The Morgan fingerprint density at radius 1 is 0.347 bits per heavy atom. The van der Waals surface area contributed by atoms with E-state index in [-0.39, 0.29) is 21.1 Å². The van der Waals surface area contributed by atoms with E-state index in [1.54, 1.807) is 49.3 Å². The summed E-state index contributed by atoms with van der Waals surface area (Å²) in [6.07, 6.45) is 10.3. The second-order valence-corrected chi connectivity index (χ2v) is 24.4. The summed E-state index contributed by atoms with van der Waals surface area (Å²) in [7, 11) is 0. The zero-order valence-corrected chi connectivity index (χ0v) is 59.4. The fourth-order valence-corrected chi connectivity index (χ4v) is 12.6. The molecule has 0 saturated carbocycles. The molecule has 18 nitrogen and oxygen atoms in total. The van der Waals surface area contributed by atoms with Crippen molar-refractivity contribution in [2.75, 3.05) is 0 Å². The third-order valence-electron chi connectivity index (χ3n) is 16.5. The first-order chi connectivity index (χ1) is 48.9. The van der Waals surface area contributed by atoms with Crippen molar-refractivity contribution in [1.82, 2.24) is 73.4 Å². The molecule has 0 atom stereocenters. The van der Waals surface area contributed by atoms with E-state index in [9.17, 15) is 0 Å². The van der Waals surface area contributed by atoms with Crippen molar-refractivity contribution in [3.8, 4) is 63.5 Å². The zero-order valence-electron chi connectivity index (χ0n) is 55.5. The molecule has 0 unspecified atom stereocenters. The van der Waals surface area contributed by atoms with Gasteiger partial charge in [-0.1, -0.05) is 72.2 Å².